The van der Waals surface area contributed by atoms with Crippen LogP contribution in [0.3, 0.4) is 0 Å². The number of fused-ring (bicyclic) bond motifs is 1. The molecule has 4 rings (SSSR count). The molecular formula is C22H21ClF3N3O3S. The molecule has 2 aromatic carbocycles. The van der Waals surface area contributed by atoms with Gasteiger partial charge in [-0.3, -0.25) is 4.79 Å². The maximum absolute atomic E-state index is 13.1. The SMILES string of the molecule is O=C(CCc1c[nH]c2ccccc12)N1CCN(S(=O)(=O)c2ccc(Cl)c(C(F)(F)F)c2)CC1. The number of sulfonamides is 1. The predicted molar refractivity (Wildman–Crippen MR) is 118 cm³/mol. The third-order valence-corrected chi connectivity index (χ3v) is 7.98. The largest absolute Gasteiger partial charge is 0.417 e. The second-order valence-electron chi connectivity index (χ2n) is 7.78. The summed E-state index contributed by atoms with van der Waals surface area (Å²) in [5, 5.41) is 0.495. The van der Waals surface area contributed by atoms with E-state index >= 15 is 0 Å². The summed E-state index contributed by atoms with van der Waals surface area (Å²) in [5.41, 5.74) is 0.828. The zero-order chi connectivity index (χ0) is 23.8. The number of aryl methyl sites for hydroxylation is 1. The van der Waals surface area contributed by atoms with Crippen LogP contribution in [-0.2, 0) is 27.4 Å². The molecule has 1 fully saturated rings. The standard InChI is InChI=1S/C22H21ClF3N3O3S/c23-19-7-6-16(13-18(19)22(24,25)26)33(31,32)29-11-9-28(10-12-29)21(30)8-5-15-14-27-20-4-2-1-3-17(15)20/h1-4,6-7,13-14,27H,5,8-12H2. The predicted octanol–water partition coefficient (Wildman–Crippen LogP) is 4.31. The van der Waals surface area contributed by atoms with Gasteiger partial charge in [0.2, 0.25) is 15.9 Å². The van der Waals surface area contributed by atoms with Crippen molar-refractivity contribution in [2.45, 2.75) is 23.9 Å². The average molecular weight is 500 g/mol. The van der Waals surface area contributed by atoms with Crippen LogP contribution in [0.4, 0.5) is 13.2 Å². The van der Waals surface area contributed by atoms with E-state index < -0.39 is 31.7 Å². The number of H-pyrrole nitrogens is 1. The minimum absolute atomic E-state index is 0.00510. The van der Waals surface area contributed by atoms with Crippen molar-refractivity contribution in [2.24, 2.45) is 0 Å². The van der Waals surface area contributed by atoms with Crippen LogP contribution in [0.25, 0.3) is 10.9 Å². The molecule has 0 unspecified atom stereocenters. The summed E-state index contributed by atoms with van der Waals surface area (Å²) >= 11 is 5.59. The van der Waals surface area contributed by atoms with Crippen molar-refractivity contribution in [3.8, 4) is 0 Å². The van der Waals surface area contributed by atoms with Crippen LogP contribution in [-0.4, -0.2) is 54.7 Å². The lowest BCUT2D eigenvalue weighted by molar-refractivity contribution is -0.137. The normalized spacial score (nSPS) is 15.8. The van der Waals surface area contributed by atoms with Gasteiger partial charge in [-0.1, -0.05) is 29.8 Å². The minimum atomic E-state index is -4.77. The van der Waals surface area contributed by atoms with E-state index in [1.807, 2.05) is 30.5 Å². The summed E-state index contributed by atoms with van der Waals surface area (Å²) in [4.78, 5) is 16.9. The number of aromatic nitrogens is 1. The monoisotopic (exact) mass is 499 g/mol. The molecule has 0 radical (unpaired) electrons. The number of halogens is 4. The zero-order valence-corrected chi connectivity index (χ0v) is 19.0. The number of nitrogens with one attached hydrogen (secondary N) is 1. The average Bonchev–Trinajstić information content (AvgIpc) is 3.20. The highest BCUT2D eigenvalue weighted by atomic mass is 35.5. The molecule has 2 heterocycles. The van der Waals surface area contributed by atoms with Crippen molar-refractivity contribution >= 4 is 38.4 Å². The van der Waals surface area contributed by atoms with Crippen LogP contribution in [0.1, 0.15) is 17.5 Å². The molecule has 1 amide bonds. The second-order valence-corrected chi connectivity index (χ2v) is 10.1. The Balaban J connectivity index is 1.38. The molecule has 1 aromatic heterocycles. The number of benzene rings is 2. The van der Waals surface area contributed by atoms with Crippen molar-refractivity contribution < 1.29 is 26.4 Å². The number of amides is 1. The fourth-order valence-electron chi connectivity index (χ4n) is 3.95. The first-order chi connectivity index (χ1) is 15.6. The lowest BCUT2D eigenvalue weighted by Crippen LogP contribution is -2.50. The summed E-state index contributed by atoms with van der Waals surface area (Å²) in [7, 11) is -4.15. The van der Waals surface area contributed by atoms with Crippen molar-refractivity contribution in [2.75, 3.05) is 26.2 Å². The summed E-state index contributed by atoms with van der Waals surface area (Å²) < 4.78 is 66.2. The Morgan fingerprint density at radius 2 is 1.76 bits per heavy atom. The Kier molecular flexibility index (Phi) is 6.43. The van der Waals surface area contributed by atoms with E-state index in [9.17, 15) is 26.4 Å². The van der Waals surface area contributed by atoms with E-state index in [0.29, 0.717) is 12.5 Å². The van der Waals surface area contributed by atoms with Crippen LogP contribution in [0, 0.1) is 0 Å². The molecule has 0 atom stereocenters. The molecule has 0 aliphatic carbocycles. The Morgan fingerprint density at radius 1 is 1.06 bits per heavy atom. The number of carbonyl (C=O) groups is 1. The van der Waals surface area contributed by atoms with E-state index in [4.69, 9.17) is 11.6 Å². The first kappa shape index (κ1) is 23.6. The van der Waals surface area contributed by atoms with E-state index in [-0.39, 0.29) is 38.5 Å². The lowest BCUT2D eigenvalue weighted by Gasteiger charge is -2.34. The van der Waals surface area contributed by atoms with Gasteiger partial charge in [0.25, 0.3) is 0 Å². The number of piperazine rings is 1. The Labute approximate surface area is 194 Å². The molecule has 0 bridgehead atoms. The van der Waals surface area contributed by atoms with E-state index in [1.54, 1.807) is 4.90 Å². The van der Waals surface area contributed by atoms with Gasteiger partial charge in [0, 0.05) is 49.7 Å². The first-order valence-corrected chi connectivity index (χ1v) is 12.1. The molecule has 0 saturated carbocycles. The highest BCUT2D eigenvalue weighted by molar-refractivity contribution is 7.89. The molecule has 176 valence electrons. The van der Waals surface area contributed by atoms with E-state index in [0.717, 1.165) is 32.9 Å². The lowest BCUT2D eigenvalue weighted by atomic mass is 10.1. The smallest absolute Gasteiger partial charge is 0.361 e. The van der Waals surface area contributed by atoms with Crippen LogP contribution in [0.2, 0.25) is 5.02 Å². The van der Waals surface area contributed by atoms with Gasteiger partial charge in [-0.2, -0.15) is 17.5 Å². The fraction of sp³-hybridized carbons (Fsp3) is 0.318. The second kappa shape index (κ2) is 9.00. The topological polar surface area (TPSA) is 73.5 Å². The maximum atomic E-state index is 13.1. The van der Waals surface area contributed by atoms with Crippen molar-refractivity contribution in [1.29, 1.82) is 0 Å². The van der Waals surface area contributed by atoms with Crippen LogP contribution in [0.15, 0.2) is 53.6 Å². The fourth-order valence-corrected chi connectivity index (χ4v) is 5.62. The number of alkyl halides is 3. The quantitative estimate of drug-likeness (QED) is 0.568. The molecule has 3 aromatic rings. The molecular weight excluding hydrogens is 479 g/mol. The highest BCUT2D eigenvalue weighted by Gasteiger charge is 2.36. The molecule has 1 N–H and O–H groups in total. The van der Waals surface area contributed by atoms with Crippen LogP contribution >= 0.6 is 11.6 Å². The number of rotatable bonds is 5. The number of nitrogens with zero attached hydrogens (tertiary/aromatic N) is 2. The van der Waals surface area contributed by atoms with E-state index in [2.05, 4.69) is 4.98 Å². The molecule has 1 aliphatic rings. The number of hydrogen-bond acceptors (Lipinski definition) is 3. The van der Waals surface area contributed by atoms with Crippen LogP contribution in [0.5, 0.6) is 0 Å². The zero-order valence-electron chi connectivity index (χ0n) is 17.4. The molecule has 6 nitrogen and oxygen atoms in total. The number of hydrogen-bond donors (Lipinski definition) is 1. The van der Waals surface area contributed by atoms with Gasteiger partial charge >= 0.3 is 6.18 Å². The Morgan fingerprint density at radius 3 is 2.45 bits per heavy atom. The van der Waals surface area contributed by atoms with Gasteiger partial charge < -0.3 is 9.88 Å². The Bertz CT molecular complexity index is 1280. The van der Waals surface area contributed by atoms with Gasteiger partial charge in [-0.25, -0.2) is 8.42 Å². The molecule has 1 aliphatic heterocycles. The molecule has 33 heavy (non-hydrogen) atoms. The molecule has 1 saturated heterocycles. The van der Waals surface area contributed by atoms with Crippen LogP contribution < -0.4 is 0 Å². The number of aromatic amines is 1. The highest BCUT2D eigenvalue weighted by Crippen LogP contribution is 2.36. The third-order valence-electron chi connectivity index (χ3n) is 5.76. The first-order valence-electron chi connectivity index (χ1n) is 10.3. The van der Waals surface area contributed by atoms with Crippen molar-refractivity contribution in [1.82, 2.24) is 14.2 Å². The van der Waals surface area contributed by atoms with Crippen molar-refractivity contribution in [3.63, 3.8) is 0 Å². The van der Waals surface area contributed by atoms with Gasteiger partial charge in [0.1, 0.15) is 0 Å². The van der Waals surface area contributed by atoms with Gasteiger partial charge in [0.05, 0.1) is 15.5 Å². The molecule has 0 spiro atoms. The van der Waals surface area contributed by atoms with Gasteiger partial charge in [-0.15, -0.1) is 0 Å². The van der Waals surface area contributed by atoms with Crippen molar-refractivity contribution in [3.05, 3.63) is 64.8 Å². The summed E-state index contributed by atoms with van der Waals surface area (Å²) in [6.07, 6.45) is -2.06. The van der Waals surface area contributed by atoms with Gasteiger partial charge in [0.15, 0.2) is 0 Å². The molecule has 11 heteroatoms. The number of carbonyl (C=O) groups excluding carboxylic acids is 1. The maximum Gasteiger partial charge on any atom is 0.417 e. The van der Waals surface area contributed by atoms with E-state index in [1.165, 1.54) is 0 Å². The third kappa shape index (κ3) is 4.87. The number of para-hydroxylation sites is 1. The summed E-state index contributed by atoms with van der Waals surface area (Å²) in [6, 6.07) is 10.3. The minimum Gasteiger partial charge on any atom is -0.361 e. The van der Waals surface area contributed by atoms with Gasteiger partial charge in [-0.05, 0) is 36.2 Å². The summed E-state index contributed by atoms with van der Waals surface area (Å²) in [5.74, 6) is -0.0943. The summed E-state index contributed by atoms with van der Waals surface area (Å²) in [6.45, 7) is 0.355. The Hall–Kier alpha value is -2.56.